The second-order valence-electron chi connectivity index (χ2n) is 6.37. The van der Waals surface area contributed by atoms with Gasteiger partial charge in [-0.15, -0.1) is 0 Å². The van der Waals surface area contributed by atoms with Gasteiger partial charge in [0.15, 0.2) is 0 Å². The van der Waals surface area contributed by atoms with Gasteiger partial charge in [0.1, 0.15) is 17.7 Å². The third-order valence-corrected chi connectivity index (χ3v) is 4.72. The zero-order chi connectivity index (χ0) is 19.7. The smallest absolute Gasteiger partial charge is 0.322 e. The molecule has 3 aromatic rings. The normalized spacial score (nSPS) is 16.4. The van der Waals surface area contributed by atoms with Gasteiger partial charge in [-0.25, -0.2) is 13.6 Å². The van der Waals surface area contributed by atoms with Crippen LogP contribution in [0.25, 0.3) is 11.4 Å². The Kier molecular flexibility index (Phi) is 4.95. The number of amides is 2. The molecule has 0 unspecified atom stereocenters. The maximum Gasteiger partial charge on any atom is 0.322 e. The third kappa shape index (κ3) is 3.68. The fraction of sp³-hybridized carbons (Fsp3) is 0.211. The molecule has 0 aliphatic carbocycles. The highest BCUT2D eigenvalue weighted by Crippen LogP contribution is 2.33. The first-order chi connectivity index (χ1) is 13.5. The molecule has 1 fully saturated rings. The van der Waals surface area contributed by atoms with E-state index < -0.39 is 17.7 Å². The minimum absolute atomic E-state index is 0.00889. The van der Waals surface area contributed by atoms with E-state index in [1.165, 1.54) is 6.07 Å². The van der Waals surface area contributed by atoms with E-state index in [4.69, 9.17) is 16.1 Å². The summed E-state index contributed by atoms with van der Waals surface area (Å²) in [6, 6.07) is 9.20. The molecule has 1 aliphatic rings. The Labute approximate surface area is 164 Å². The zero-order valence-corrected chi connectivity index (χ0v) is 15.3. The molecule has 0 bridgehead atoms. The standard InChI is InChI=1S/C19H15ClF2N4O2/c20-11-3-1-4-13(9-11)23-19(27)26-8-2-5-16(26)18-24-17(25-28-18)14-7-6-12(21)10-15(14)22/h1,3-4,6-7,9-10,16H,2,5,8H2,(H,23,27)/t16-/m1/s1. The zero-order valence-electron chi connectivity index (χ0n) is 14.5. The predicted molar refractivity (Wildman–Crippen MR) is 98.8 cm³/mol. The first-order valence-corrected chi connectivity index (χ1v) is 9.01. The largest absolute Gasteiger partial charge is 0.337 e. The molecule has 1 saturated heterocycles. The van der Waals surface area contributed by atoms with Crippen molar-refractivity contribution in [1.82, 2.24) is 15.0 Å². The van der Waals surface area contributed by atoms with Crippen LogP contribution in [0.15, 0.2) is 47.0 Å². The summed E-state index contributed by atoms with van der Waals surface area (Å²) in [5.41, 5.74) is 0.604. The number of halogens is 3. The number of carbonyl (C=O) groups is 1. The lowest BCUT2D eigenvalue weighted by molar-refractivity contribution is 0.193. The van der Waals surface area contributed by atoms with Crippen LogP contribution in [-0.4, -0.2) is 27.6 Å². The molecule has 1 aromatic heterocycles. The Balaban J connectivity index is 1.54. The molecule has 144 valence electrons. The molecule has 0 saturated carbocycles. The fourth-order valence-corrected chi connectivity index (χ4v) is 3.37. The summed E-state index contributed by atoms with van der Waals surface area (Å²) in [5, 5.41) is 7.09. The molecule has 2 heterocycles. The SMILES string of the molecule is O=C(Nc1cccc(Cl)c1)N1CCC[C@@H]1c1nc(-c2ccc(F)cc2F)no1. The molecule has 9 heteroatoms. The number of nitrogens with one attached hydrogen (secondary N) is 1. The summed E-state index contributed by atoms with van der Waals surface area (Å²) in [4.78, 5) is 18.5. The van der Waals surface area contributed by atoms with Crippen LogP contribution in [0.2, 0.25) is 5.02 Å². The highest BCUT2D eigenvalue weighted by atomic mass is 35.5. The van der Waals surface area contributed by atoms with Crippen molar-refractivity contribution in [3.63, 3.8) is 0 Å². The van der Waals surface area contributed by atoms with Crippen LogP contribution in [0.5, 0.6) is 0 Å². The number of hydrogen-bond donors (Lipinski definition) is 1. The van der Waals surface area contributed by atoms with Gasteiger partial charge in [-0.1, -0.05) is 22.8 Å². The summed E-state index contributed by atoms with van der Waals surface area (Å²) in [6.45, 7) is 0.514. The first kappa shape index (κ1) is 18.4. The van der Waals surface area contributed by atoms with Gasteiger partial charge in [-0.2, -0.15) is 4.98 Å². The van der Waals surface area contributed by atoms with Gasteiger partial charge in [0.25, 0.3) is 0 Å². The average Bonchev–Trinajstić information content (AvgIpc) is 3.31. The van der Waals surface area contributed by atoms with Crippen molar-refractivity contribution >= 4 is 23.3 Å². The van der Waals surface area contributed by atoms with Gasteiger partial charge in [0, 0.05) is 23.3 Å². The third-order valence-electron chi connectivity index (χ3n) is 4.49. The number of urea groups is 1. The Morgan fingerprint density at radius 3 is 2.89 bits per heavy atom. The molecular formula is C19H15ClF2N4O2. The highest BCUT2D eigenvalue weighted by Gasteiger charge is 2.34. The topological polar surface area (TPSA) is 71.3 Å². The predicted octanol–water partition coefficient (Wildman–Crippen LogP) is 5.04. The summed E-state index contributed by atoms with van der Waals surface area (Å²) in [7, 11) is 0. The number of benzene rings is 2. The van der Waals surface area contributed by atoms with E-state index in [1.807, 2.05) is 0 Å². The minimum atomic E-state index is -0.783. The molecule has 0 radical (unpaired) electrons. The van der Waals surface area contributed by atoms with Gasteiger partial charge in [-0.3, -0.25) is 0 Å². The minimum Gasteiger partial charge on any atom is -0.337 e. The van der Waals surface area contributed by atoms with E-state index in [1.54, 1.807) is 29.2 Å². The summed E-state index contributed by atoms with van der Waals surface area (Å²) in [6.07, 6.45) is 1.40. The number of rotatable bonds is 3. The van der Waals surface area contributed by atoms with Gasteiger partial charge in [0.2, 0.25) is 11.7 Å². The summed E-state index contributed by atoms with van der Waals surface area (Å²) in [5.74, 6) is -1.26. The maximum atomic E-state index is 14.0. The molecule has 2 amide bonds. The van der Waals surface area contributed by atoms with Crippen LogP contribution in [0.4, 0.5) is 19.3 Å². The molecule has 1 aliphatic heterocycles. The van der Waals surface area contributed by atoms with E-state index in [2.05, 4.69) is 15.5 Å². The van der Waals surface area contributed by atoms with Crippen LogP contribution in [0, 0.1) is 11.6 Å². The molecule has 6 nitrogen and oxygen atoms in total. The number of aromatic nitrogens is 2. The molecule has 1 atom stereocenters. The van der Waals surface area contributed by atoms with Gasteiger partial charge in [0.05, 0.1) is 5.56 Å². The number of hydrogen-bond acceptors (Lipinski definition) is 4. The van der Waals surface area contributed by atoms with Crippen molar-refractivity contribution in [2.75, 3.05) is 11.9 Å². The lowest BCUT2D eigenvalue weighted by atomic mass is 10.2. The molecule has 2 aromatic carbocycles. The Hall–Kier alpha value is -3.00. The lowest BCUT2D eigenvalue weighted by Crippen LogP contribution is -2.34. The quantitative estimate of drug-likeness (QED) is 0.664. The second kappa shape index (κ2) is 7.55. The summed E-state index contributed by atoms with van der Waals surface area (Å²) < 4.78 is 32.3. The Morgan fingerprint density at radius 2 is 2.11 bits per heavy atom. The average molecular weight is 405 g/mol. The van der Waals surface area contributed by atoms with E-state index in [9.17, 15) is 13.6 Å². The van der Waals surface area contributed by atoms with Gasteiger partial charge in [-0.05, 0) is 43.2 Å². The molecule has 28 heavy (non-hydrogen) atoms. The van der Waals surface area contributed by atoms with Crippen molar-refractivity contribution in [3.05, 3.63) is 65.0 Å². The van der Waals surface area contributed by atoms with Crippen LogP contribution < -0.4 is 5.32 Å². The number of likely N-dealkylation sites (tertiary alicyclic amines) is 1. The fourth-order valence-electron chi connectivity index (χ4n) is 3.18. The Bertz CT molecular complexity index is 1030. The van der Waals surface area contributed by atoms with Gasteiger partial charge < -0.3 is 14.7 Å². The number of carbonyl (C=O) groups excluding carboxylic acids is 1. The van der Waals surface area contributed by atoms with Crippen molar-refractivity contribution in [2.24, 2.45) is 0 Å². The van der Waals surface area contributed by atoms with Crippen molar-refractivity contribution in [2.45, 2.75) is 18.9 Å². The maximum absolute atomic E-state index is 14.0. The molecular weight excluding hydrogens is 390 g/mol. The number of anilines is 1. The van der Waals surface area contributed by atoms with Crippen LogP contribution in [0.1, 0.15) is 24.8 Å². The highest BCUT2D eigenvalue weighted by molar-refractivity contribution is 6.30. The first-order valence-electron chi connectivity index (χ1n) is 8.63. The van der Waals surface area contributed by atoms with Crippen molar-refractivity contribution in [1.29, 1.82) is 0 Å². The molecule has 4 rings (SSSR count). The monoisotopic (exact) mass is 404 g/mol. The molecule has 0 spiro atoms. The van der Waals surface area contributed by atoms with E-state index in [0.717, 1.165) is 18.6 Å². The van der Waals surface area contributed by atoms with Crippen LogP contribution in [-0.2, 0) is 0 Å². The lowest BCUT2D eigenvalue weighted by Gasteiger charge is -2.22. The second-order valence-corrected chi connectivity index (χ2v) is 6.81. The van der Waals surface area contributed by atoms with Crippen molar-refractivity contribution < 1.29 is 18.1 Å². The van der Waals surface area contributed by atoms with Crippen LogP contribution in [0.3, 0.4) is 0 Å². The van der Waals surface area contributed by atoms with Gasteiger partial charge >= 0.3 is 6.03 Å². The number of nitrogens with zero attached hydrogens (tertiary/aromatic N) is 3. The van der Waals surface area contributed by atoms with E-state index in [0.29, 0.717) is 23.7 Å². The summed E-state index contributed by atoms with van der Waals surface area (Å²) >= 11 is 5.94. The Morgan fingerprint density at radius 1 is 1.25 bits per heavy atom. The van der Waals surface area contributed by atoms with E-state index >= 15 is 0 Å². The van der Waals surface area contributed by atoms with Crippen LogP contribution >= 0.6 is 11.6 Å². The molecule has 1 N–H and O–H groups in total. The van der Waals surface area contributed by atoms with Crippen molar-refractivity contribution in [3.8, 4) is 11.4 Å². The van der Waals surface area contributed by atoms with E-state index in [-0.39, 0.29) is 23.3 Å².